The standard InChI is InChI=1S/C18H21N5O5/c1-2-10(1)6-19-12-7-24-17-13(8-25-16(12)17)23-18(20-21-22-23)28-11-3-4-14-15(5-11)27-9-26-14/h3-5,10,12-13,16-17,19H,1-2,6-9H2/t12-,13-,16+,17+/m0/s1. The van der Waals surface area contributed by atoms with Gasteiger partial charge in [-0.15, -0.1) is 0 Å². The second-order valence-corrected chi connectivity index (χ2v) is 7.64. The van der Waals surface area contributed by atoms with Gasteiger partial charge in [-0.2, -0.15) is 4.68 Å². The van der Waals surface area contributed by atoms with E-state index in [9.17, 15) is 0 Å². The lowest BCUT2D eigenvalue weighted by Crippen LogP contribution is -2.41. The molecule has 1 aromatic carbocycles. The first kappa shape index (κ1) is 16.5. The van der Waals surface area contributed by atoms with Crippen molar-refractivity contribution in [1.82, 2.24) is 25.5 Å². The zero-order valence-corrected chi connectivity index (χ0v) is 15.2. The van der Waals surface area contributed by atoms with Crippen molar-refractivity contribution in [2.24, 2.45) is 5.92 Å². The van der Waals surface area contributed by atoms with Crippen molar-refractivity contribution in [3.05, 3.63) is 18.2 Å². The van der Waals surface area contributed by atoms with Crippen LogP contribution in [0.5, 0.6) is 23.3 Å². The van der Waals surface area contributed by atoms with E-state index >= 15 is 0 Å². The highest BCUT2D eigenvalue weighted by molar-refractivity contribution is 5.47. The van der Waals surface area contributed by atoms with E-state index in [1.165, 1.54) is 12.8 Å². The molecule has 148 valence electrons. The molecule has 0 unspecified atom stereocenters. The molecule has 3 aliphatic heterocycles. The molecule has 4 heterocycles. The molecule has 4 atom stereocenters. The Bertz CT molecular complexity index is 872. The van der Waals surface area contributed by atoms with Crippen molar-refractivity contribution in [2.75, 3.05) is 26.6 Å². The van der Waals surface area contributed by atoms with E-state index in [1.54, 1.807) is 22.9 Å². The normalized spacial score (nSPS) is 30.6. The first-order valence-corrected chi connectivity index (χ1v) is 9.67. The van der Waals surface area contributed by atoms with E-state index in [0.717, 1.165) is 12.5 Å². The molecule has 2 saturated heterocycles. The fourth-order valence-corrected chi connectivity index (χ4v) is 4.01. The Morgan fingerprint density at radius 1 is 1.11 bits per heavy atom. The first-order chi connectivity index (χ1) is 13.8. The number of tetrazole rings is 1. The van der Waals surface area contributed by atoms with Crippen LogP contribution in [-0.2, 0) is 9.47 Å². The molecule has 10 nitrogen and oxygen atoms in total. The van der Waals surface area contributed by atoms with Gasteiger partial charge in [0.1, 0.15) is 24.0 Å². The Morgan fingerprint density at radius 3 is 2.93 bits per heavy atom. The second kappa shape index (κ2) is 6.57. The van der Waals surface area contributed by atoms with Crippen molar-refractivity contribution in [2.45, 2.75) is 37.1 Å². The highest BCUT2D eigenvalue weighted by Crippen LogP contribution is 2.39. The molecule has 6 rings (SSSR count). The number of benzene rings is 1. The van der Waals surface area contributed by atoms with Gasteiger partial charge in [0, 0.05) is 6.07 Å². The van der Waals surface area contributed by atoms with E-state index in [4.69, 9.17) is 23.7 Å². The molecular formula is C18H21N5O5. The van der Waals surface area contributed by atoms with Crippen LogP contribution < -0.4 is 19.5 Å². The van der Waals surface area contributed by atoms with E-state index in [-0.39, 0.29) is 31.1 Å². The lowest BCUT2D eigenvalue weighted by atomic mass is 10.1. The van der Waals surface area contributed by atoms with Crippen LogP contribution in [0.2, 0.25) is 0 Å². The molecule has 1 N–H and O–H groups in total. The van der Waals surface area contributed by atoms with Crippen molar-refractivity contribution in [3.63, 3.8) is 0 Å². The maximum atomic E-state index is 6.05. The van der Waals surface area contributed by atoms with Crippen LogP contribution in [-0.4, -0.2) is 65.0 Å². The van der Waals surface area contributed by atoms with Crippen molar-refractivity contribution in [1.29, 1.82) is 0 Å². The van der Waals surface area contributed by atoms with Gasteiger partial charge in [-0.1, -0.05) is 5.10 Å². The Balaban J connectivity index is 1.17. The largest absolute Gasteiger partial charge is 0.454 e. The zero-order valence-electron chi connectivity index (χ0n) is 15.2. The molecule has 0 spiro atoms. The highest BCUT2D eigenvalue weighted by atomic mass is 16.7. The fraction of sp³-hybridized carbons (Fsp3) is 0.611. The second-order valence-electron chi connectivity index (χ2n) is 7.64. The van der Waals surface area contributed by atoms with Gasteiger partial charge in [-0.05, 0) is 47.9 Å². The van der Waals surface area contributed by atoms with E-state index < -0.39 is 0 Å². The average Bonchev–Trinajstić information content (AvgIpc) is 3.11. The summed E-state index contributed by atoms with van der Waals surface area (Å²) in [6.07, 6.45) is 2.55. The first-order valence-electron chi connectivity index (χ1n) is 9.67. The number of rotatable bonds is 6. The number of nitrogens with one attached hydrogen (secondary N) is 1. The lowest BCUT2D eigenvalue weighted by molar-refractivity contribution is 0.0611. The van der Waals surface area contributed by atoms with Crippen LogP contribution in [0, 0.1) is 5.92 Å². The third-order valence-electron chi connectivity index (χ3n) is 5.72. The maximum absolute atomic E-state index is 6.05. The quantitative estimate of drug-likeness (QED) is 0.774. The summed E-state index contributed by atoms with van der Waals surface area (Å²) < 4.78 is 30.4. The minimum Gasteiger partial charge on any atom is -0.454 e. The van der Waals surface area contributed by atoms with Gasteiger partial charge in [0.15, 0.2) is 11.5 Å². The number of hydrogen-bond acceptors (Lipinski definition) is 9. The van der Waals surface area contributed by atoms with Crippen molar-refractivity contribution < 1.29 is 23.7 Å². The van der Waals surface area contributed by atoms with Gasteiger partial charge < -0.3 is 29.0 Å². The SMILES string of the molecule is c1cc2c(cc1Oc1nnnn1[C@H]1CO[C@H]3[C@@H]1OC[C@@H]3NCC1CC1)OCO2. The van der Waals surface area contributed by atoms with Crippen LogP contribution >= 0.6 is 0 Å². The molecule has 28 heavy (non-hydrogen) atoms. The summed E-state index contributed by atoms with van der Waals surface area (Å²) in [5, 5.41) is 15.5. The van der Waals surface area contributed by atoms with Gasteiger partial charge >= 0.3 is 6.01 Å². The number of nitrogens with zero attached hydrogens (tertiary/aromatic N) is 4. The topological polar surface area (TPSA) is 102 Å². The molecule has 0 amide bonds. The monoisotopic (exact) mass is 387 g/mol. The fourth-order valence-electron chi connectivity index (χ4n) is 4.01. The van der Waals surface area contributed by atoms with Crippen LogP contribution in [0.4, 0.5) is 0 Å². The summed E-state index contributed by atoms with van der Waals surface area (Å²) in [6, 6.07) is 5.74. The highest BCUT2D eigenvalue weighted by Gasteiger charge is 2.49. The maximum Gasteiger partial charge on any atom is 0.341 e. The summed E-state index contributed by atoms with van der Waals surface area (Å²) in [6.45, 7) is 2.37. The molecule has 1 saturated carbocycles. The molecule has 0 bridgehead atoms. The van der Waals surface area contributed by atoms with Gasteiger partial charge in [0.25, 0.3) is 0 Å². The smallest absolute Gasteiger partial charge is 0.341 e. The average molecular weight is 387 g/mol. The molecule has 0 radical (unpaired) electrons. The third-order valence-corrected chi connectivity index (χ3v) is 5.72. The van der Waals surface area contributed by atoms with Crippen LogP contribution in [0.25, 0.3) is 0 Å². The molecule has 10 heteroatoms. The molecule has 1 aromatic heterocycles. The molecule has 3 fully saturated rings. The molecule has 1 aliphatic carbocycles. The van der Waals surface area contributed by atoms with Gasteiger partial charge in [-0.3, -0.25) is 0 Å². The summed E-state index contributed by atoms with van der Waals surface area (Å²) in [5.41, 5.74) is 0. The van der Waals surface area contributed by atoms with Crippen molar-refractivity contribution >= 4 is 0 Å². The minimum atomic E-state index is -0.128. The summed E-state index contributed by atoms with van der Waals surface area (Å²) in [7, 11) is 0. The Morgan fingerprint density at radius 2 is 2.00 bits per heavy atom. The summed E-state index contributed by atoms with van der Waals surface area (Å²) in [4.78, 5) is 0. The molecule has 2 aromatic rings. The van der Waals surface area contributed by atoms with Crippen molar-refractivity contribution in [3.8, 4) is 23.3 Å². The lowest BCUT2D eigenvalue weighted by Gasteiger charge is -2.18. The van der Waals surface area contributed by atoms with Crippen LogP contribution in [0.15, 0.2) is 18.2 Å². The van der Waals surface area contributed by atoms with E-state index in [0.29, 0.717) is 36.5 Å². The predicted molar refractivity (Wildman–Crippen MR) is 93.5 cm³/mol. The Kier molecular flexibility index (Phi) is 3.88. The number of hydrogen-bond donors (Lipinski definition) is 1. The van der Waals surface area contributed by atoms with Gasteiger partial charge in [0.05, 0.1) is 19.3 Å². The molecule has 4 aliphatic rings. The zero-order chi connectivity index (χ0) is 18.5. The third kappa shape index (κ3) is 2.88. The number of fused-ring (bicyclic) bond motifs is 2. The molecular weight excluding hydrogens is 366 g/mol. The summed E-state index contributed by atoms with van der Waals surface area (Å²) >= 11 is 0. The van der Waals surface area contributed by atoms with Crippen LogP contribution in [0.1, 0.15) is 18.9 Å². The Hall–Kier alpha value is -2.43. The summed E-state index contributed by atoms with van der Waals surface area (Å²) in [5.74, 6) is 2.73. The number of aromatic nitrogens is 4. The Labute approximate surface area is 161 Å². The number of ether oxygens (including phenoxy) is 5. The van der Waals surface area contributed by atoms with E-state index in [1.807, 2.05) is 0 Å². The van der Waals surface area contributed by atoms with Gasteiger partial charge in [-0.25, -0.2) is 0 Å². The predicted octanol–water partition coefficient (Wildman–Crippen LogP) is 0.901. The minimum absolute atomic E-state index is 0.00587. The van der Waals surface area contributed by atoms with Gasteiger partial charge in [0.2, 0.25) is 6.79 Å². The van der Waals surface area contributed by atoms with E-state index in [2.05, 4.69) is 20.8 Å². The van der Waals surface area contributed by atoms with Crippen LogP contribution in [0.3, 0.4) is 0 Å².